The van der Waals surface area contributed by atoms with Crippen molar-refractivity contribution < 1.29 is 4.74 Å². The maximum atomic E-state index is 5.39. The predicted molar refractivity (Wildman–Crippen MR) is 37.2 cm³/mol. The molecule has 2 unspecified atom stereocenters. The average molecular weight is 129 g/mol. The van der Waals surface area contributed by atoms with Crippen LogP contribution in [0.3, 0.4) is 0 Å². The highest BCUT2D eigenvalue weighted by Gasteiger charge is 2.16. The highest BCUT2D eigenvalue weighted by Crippen LogP contribution is 2.16. The van der Waals surface area contributed by atoms with Crippen molar-refractivity contribution in [3.8, 4) is 0 Å². The highest BCUT2D eigenvalue weighted by molar-refractivity contribution is 4.64. The molecule has 0 amide bonds. The van der Waals surface area contributed by atoms with Crippen LogP contribution in [-0.2, 0) is 4.74 Å². The van der Waals surface area contributed by atoms with Crippen molar-refractivity contribution in [3.63, 3.8) is 0 Å². The first-order chi connectivity index (χ1) is 4.33. The van der Waals surface area contributed by atoms with Gasteiger partial charge in [0.25, 0.3) is 0 Å². The molecule has 2 heteroatoms. The van der Waals surface area contributed by atoms with E-state index in [-0.39, 0.29) is 0 Å². The quantitative estimate of drug-likeness (QED) is 0.570. The van der Waals surface area contributed by atoms with Crippen molar-refractivity contribution in [1.82, 2.24) is 5.32 Å². The molecular formula is C7H15NO. The van der Waals surface area contributed by atoms with Crippen LogP contribution >= 0.6 is 0 Å². The summed E-state index contributed by atoms with van der Waals surface area (Å²) >= 11 is 0. The number of hydrogen-bond donors (Lipinski definition) is 1. The van der Waals surface area contributed by atoms with E-state index in [2.05, 4.69) is 12.2 Å². The van der Waals surface area contributed by atoms with Crippen molar-refractivity contribution in [2.45, 2.75) is 26.0 Å². The lowest BCUT2D eigenvalue weighted by atomic mass is 10.0. The van der Waals surface area contributed by atoms with Gasteiger partial charge in [-0.05, 0) is 25.8 Å². The van der Waals surface area contributed by atoms with E-state index in [1.807, 2.05) is 7.05 Å². The van der Waals surface area contributed by atoms with E-state index in [9.17, 15) is 0 Å². The van der Waals surface area contributed by atoms with E-state index in [1.165, 1.54) is 6.42 Å². The van der Waals surface area contributed by atoms with Gasteiger partial charge in [-0.1, -0.05) is 6.92 Å². The Morgan fingerprint density at radius 3 is 2.78 bits per heavy atom. The molecule has 0 aromatic heterocycles. The molecule has 54 valence electrons. The summed E-state index contributed by atoms with van der Waals surface area (Å²) in [6.07, 6.45) is 2.70. The molecule has 0 radical (unpaired) electrons. The first kappa shape index (κ1) is 7.03. The van der Waals surface area contributed by atoms with Crippen LogP contribution in [-0.4, -0.2) is 19.9 Å². The monoisotopic (exact) mass is 129 g/mol. The summed E-state index contributed by atoms with van der Waals surface area (Å²) in [4.78, 5) is 0. The molecule has 1 N–H and O–H groups in total. The smallest absolute Gasteiger partial charge is 0.108 e. The number of hydrogen-bond acceptors (Lipinski definition) is 2. The van der Waals surface area contributed by atoms with Gasteiger partial charge in [-0.25, -0.2) is 0 Å². The van der Waals surface area contributed by atoms with E-state index in [1.54, 1.807) is 0 Å². The fourth-order valence-corrected chi connectivity index (χ4v) is 1.16. The Hall–Kier alpha value is -0.0800. The first-order valence-electron chi connectivity index (χ1n) is 3.62. The van der Waals surface area contributed by atoms with Crippen LogP contribution in [0, 0.1) is 5.92 Å². The van der Waals surface area contributed by atoms with Gasteiger partial charge in [0.2, 0.25) is 0 Å². The van der Waals surface area contributed by atoms with E-state index in [0.717, 1.165) is 18.9 Å². The average Bonchev–Trinajstić information content (AvgIpc) is 1.88. The molecule has 0 spiro atoms. The van der Waals surface area contributed by atoms with Gasteiger partial charge >= 0.3 is 0 Å². The zero-order valence-corrected chi connectivity index (χ0v) is 6.18. The summed E-state index contributed by atoms with van der Waals surface area (Å²) in [5.41, 5.74) is 0. The largest absolute Gasteiger partial charge is 0.363 e. The van der Waals surface area contributed by atoms with E-state index in [0.29, 0.717) is 6.23 Å². The van der Waals surface area contributed by atoms with Crippen molar-refractivity contribution >= 4 is 0 Å². The molecule has 0 aromatic rings. The summed E-state index contributed by atoms with van der Waals surface area (Å²) in [5, 5.41) is 3.11. The van der Waals surface area contributed by atoms with Crippen LogP contribution in [0.25, 0.3) is 0 Å². The van der Waals surface area contributed by atoms with Gasteiger partial charge in [-0.3, -0.25) is 5.32 Å². The van der Waals surface area contributed by atoms with E-state index in [4.69, 9.17) is 4.74 Å². The van der Waals surface area contributed by atoms with E-state index < -0.39 is 0 Å². The predicted octanol–water partition coefficient (Wildman–Crippen LogP) is 0.978. The molecule has 1 aliphatic rings. The molecular weight excluding hydrogens is 114 g/mol. The SMILES string of the molecule is CNC1CC(C)CCO1. The molecule has 2 atom stereocenters. The third-order valence-corrected chi connectivity index (χ3v) is 1.87. The zero-order valence-electron chi connectivity index (χ0n) is 6.18. The Balaban J connectivity index is 2.23. The van der Waals surface area contributed by atoms with Gasteiger partial charge in [0.15, 0.2) is 0 Å². The molecule has 1 aliphatic heterocycles. The Morgan fingerprint density at radius 1 is 1.56 bits per heavy atom. The molecule has 1 saturated heterocycles. The van der Waals surface area contributed by atoms with Crippen LogP contribution in [0.1, 0.15) is 19.8 Å². The standard InChI is InChI=1S/C7H15NO/c1-6-3-4-9-7(5-6)8-2/h6-8H,3-5H2,1-2H3. The van der Waals surface area contributed by atoms with E-state index >= 15 is 0 Å². The van der Waals surface area contributed by atoms with Gasteiger partial charge in [0.05, 0.1) is 0 Å². The molecule has 0 bridgehead atoms. The maximum Gasteiger partial charge on any atom is 0.108 e. The summed E-state index contributed by atoms with van der Waals surface area (Å²) in [6, 6.07) is 0. The minimum atomic E-state index is 0.314. The normalized spacial score (nSPS) is 36.7. The zero-order chi connectivity index (χ0) is 6.69. The van der Waals surface area contributed by atoms with Crippen LogP contribution in [0.2, 0.25) is 0 Å². The van der Waals surface area contributed by atoms with Gasteiger partial charge in [-0.15, -0.1) is 0 Å². The summed E-state index contributed by atoms with van der Waals surface area (Å²) in [5.74, 6) is 0.830. The van der Waals surface area contributed by atoms with Crippen LogP contribution in [0.5, 0.6) is 0 Å². The fraction of sp³-hybridized carbons (Fsp3) is 1.00. The van der Waals surface area contributed by atoms with Crippen molar-refractivity contribution in [2.75, 3.05) is 13.7 Å². The number of rotatable bonds is 1. The lowest BCUT2D eigenvalue weighted by Gasteiger charge is -2.26. The number of nitrogens with one attached hydrogen (secondary N) is 1. The summed E-state index contributed by atoms with van der Waals surface area (Å²) < 4.78 is 5.39. The molecule has 1 fully saturated rings. The van der Waals surface area contributed by atoms with Crippen LogP contribution < -0.4 is 5.32 Å². The Morgan fingerprint density at radius 2 is 2.33 bits per heavy atom. The fourth-order valence-electron chi connectivity index (χ4n) is 1.16. The Bertz CT molecular complexity index is 85.0. The van der Waals surface area contributed by atoms with Crippen molar-refractivity contribution in [1.29, 1.82) is 0 Å². The first-order valence-corrected chi connectivity index (χ1v) is 3.62. The molecule has 2 nitrogen and oxygen atoms in total. The minimum Gasteiger partial charge on any atom is -0.363 e. The summed E-state index contributed by atoms with van der Waals surface area (Å²) in [7, 11) is 1.95. The van der Waals surface area contributed by atoms with Crippen molar-refractivity contribution in [2.24, 2.45) is 5.92 Å². The molecule has 0 saturated carbocycles. The third kappa shape index (κ3) is 1.95. The number of ether oxygens (including phenoxy) is 1. The topological polar surface area (TPSA) is 21.3 Å². The lowest BCUT2D eigenvalue weighted by Crippen LogP contribution is -2.34. The van der Waals surface area contributed by atoms with Gasteiger partial charge in [-0.2, -0.15) is 0 Å². The highest BCUT2D eigenvalue weighted by atomic mass is 16.5. The molecule has 1 heterocycles. The Kier molecular flexibility index (Phi) is 2.49. The second kappa shape index (κ2) is 3.18. The summed E-state index contributed by atoms with van der Waals surface area (Å²) in [6.45, 7) is 3.19. The Labute approximate surface area is 56.6 Å². The van der Waals surface area contributed by atoms with Gasteiger partial charge in [0.1, 0.15) is 6.23 Å². The van der Waals surface area contributed by atoms with Crippen LogP contribution in [0.4, 0.5) is 0 Å². The molecule has 1 rings (SSSR count). The molecule has 9 heavy (non-hydrogen) atoms. The molecule has 0 aliphatic carbocycles. The maximum absolute atomic E-state index is 5.39. The van der Waals surface area contributed by atoms with Gasteiger partial charge in [0, 0.05) is 6.61 Å². The second-order valence-electron chi connectivity index (χ2n) is 2.78. The second-order valence-corrected chi connectivity index (χ2v) is 2.78. The molecule has 0 aromatic carbocycles. The lowest BCUT2D eigenvalue weighted by molar-refractivity contribution is -0.0201. The van der Waals surface area contributed by atoms with Crippen molar-refractivity contribution in [3.05, 3.63) is 0 Å². The third-order valence-electron chi connectivity index (χ3n) is 1.87. The minimum absolute atomic E-state index is 0.314. The van der Waals surface area contributed by atoms with Gasteiger partial charge < -0.3 is 4.74 Å². The van der Waals surface area contributed by atoms with Crippen LogP contribution in [0.15, 0.2) is 0 Å².